The van der Waals surface area contributed by atoms with Crippen LogP contribution in [0.1, 0.15) is 126 Å². The summed E-state index contributed by atoms with van der Waals surface area (Å²) in [4.78, 5) is 147. The van der Waals surface area contributed by atoms with Gasteiger partial charge in [-0.25, -0.2) is 9.59 Å². The number of hydrogen-bond donors (Lipinski definition) is 14. The number of nitrogens with zero attached hydrogens (tertiary/aromatic N) is 1. The van der Waals surface area contributed by atoms with Gasteiger partial charge in [0.1, 0.15) is 48.3 Å². The van der Waals surface area contributed by atoms with E-state index in [2.05, 4.69) is 42.5 Å². The number of likely N-dealkylation sites (tertiary alicyclic amines) is 1. The van der Waals surface area contributed by atoms with Gasteiger partial charge in [0, 0.05) is 19.5 Å². The largest absolute Gasteiger partial charge is 0.480 e. The second-order valence-corrected chi connectivity index (χ2v) is 20.8. The summed E-state index contributed by atoms with van der Waals surface area (Å²) in [6.07, 6.45) is 2.38. The Hall–Kier alpha value is -5.80. The molecule has 1 aliphatic heterocycles. The fourth-order valence-electron chi connectivity index (χ4n) is 8.13. The van der Waals surface area contributed by atoms with Gasteiger partial charge < -0.3 is 80.6 Å². The maximum Gasteiger partial charge on any atom is 0.326 e. The van der Waals surface area contributed by atoms with Gasteiger partial charge in [-0.15, -0.1) is 0 Å². The van der Waals surface area contributed by atoms with Gasteiger partial charge in [0.2, 0.25) is 53.2 Å². The number of carbonyl (C=O) groups excluding carboxylic acids is 10. The molecule has 26 nitrogen and oxygen atoms in total. The molecule has 428 valence electrons. The molecule has 0 unspecified atom stereocenters. The number of carboxylic acid groups (broad SMARTS) is 1. The summed E-state index contributed by atoms with van der Waals surface area (Å²) < 4.78 is 0. The van der Waals surface area contributed by atoms with Crippen molar-refractivity contribution in [2.75, 3.05) is 31.6 Å². The Kier molecular flexibility index (Phi) is 31.1. The molecule has 0 aromatic carbocycles. The van der Waals surface area contributed by atoms with Gasteiger partial charge in [-0.1, -0.05) is 48.0 Å². The first kappa shape index (κ1) is 67.2. The zero-order valence-electron chi connectivity index (χ0n) is 44.9. The lowest BCUT2D eigenvalue weighted by atomic mass is 9.96. The Morgan fingerprint density at radius 2 is 1.23 bits per heavy atom. The van der Waals surface area contributed by atoms with E-state index in [-0.39, 0.29) is 64.0 Å². The number of urea groups is 1. The summed E-state index contributed by atoms with van der Waals surface area (Å²) in [6, 6.07) is -12.2. The number of nitrogens with one attached hydrogen (secondary N) is 8. The maximum atomic E-state index is 14.6. The topological polar surface area (TPSA) is 432 Å². The minimum absolute atomic E-state index is 0.0333. The molecule has 11 amide bonds. The second kappa shape index (κ2) is 34.7. The number of rotatable bonds is 36. The number of carbonyl (C=O) groups is 11. The Labute approximate surface area is 444 Å². The number of primary amides is 2. The van der Waals surface area contributed by atoms with Crippen LogP contribution >= 0.6 is 11.8 Å². The fourth-order valence-corrected chi connectivity index (χ4v) is 8.61. The summed E-state index contributed by atoms with van der Waals surface area (Å²) in [7, 11) is 0. The predicted molar refractivity (Wildman–Crippen MR) is 280 cm³/mol. The van der Waals surface area contributed by atoms with Crippen molar-refractivity contribution in [3.05, 3.63) is 0 Å². The number of aliphatic carboxylic acids is 1. The summed E-state index contributed by atoms with van der Waals surface area (Å²) in [6.45, 7) is 12.0. The number of carboxylic acids is 1. The molecule has 1 fully saturated rings. The van der Waals surface area contributed by atoms with Crippen LogP contribution < -0.4 is 65.5 Å². The number of thioether (sulfide) groups is 1. The summed E-state index contributed by atoms with van der Waals surface area (Å²) >= 11 is 1.52. The van der Waals surface area contributed by atoms with E-state index in [0.29, 0.717) is 44.4 Å². The lowest BCUT2D eigenvalue weighted by molar-refractivity contribution is -0.143. The van der Waals surface area contributed by atoms with Gasteiger partial charge in [-0.3, -0.25) is 43.2 Å². The fraction of sp³-hybridized carbons (Fsp3) is 0.771. The van der Waals surface area contributed by atoms with Gasteiger partial charge >= 0.3 is 12.0 Å². The third kappa shape index (κ3) is 24.2. The Bertz CT molecular complexity index is 1930. The van der Waals surface area contributed by atoms with Crippen LogP contribution in [0.15, 0.2) is 0 Å². The van der Waals surface area contributed by atoms with E-state index in [1.54, 1.807) is 34.6 Å². The molecule has 0 spiro atoms. The first-order valence-corrected chi connectivity index (χ1v) is 27.2. The molecule has 0 saturated carbocycles. The molecule has 0 bridgehead atoms. The molecular formula is C48H87N13O13S. The van der Waals surface area contributed by atoms with E-state index in [9.17, 15) is 63.0 Å². The van der Waals surface area contributed by atoms with Gasteiger partial charge in [-0.05, 0) is 107 Å². The van der Waals surface area contributed by atoms with Crippen molar-refractivity contribution in [2.24, 2.45) is 40.7 Å². The molecule has 18 N–H and O–H groups in total. The smallest absolute Gasteiger partial charge is 0.326 e. The van der Waals surface area contributed by atoms with Crippen LogP contribution in [0.4, 0.5) is 4.79 Å². The Morgan fingerprint density at radius 1 is 0.667 bits per heavy atom. The van der Waals surface area contributed by atoms with E-state index in [1.165, 1.54) is 23.6 Å². The molecule has 27 heteroatoms. The molecule has 11 atom stereocenters. The average Bonchev–Trinajstić information content (AvgIpc) is 3.84. The van der Waals surface area contributed by atoms with Crippen LogP contribution in [-0.2, 0) is 47.9 Å². The van der Waals surface area contributed by atoms with Crippen molar-refractivity contribution in [1.82, 2.24) is 47.4 Å². The lowest BCUT2D eigenvalue weighted by Crippen LogP contribution is -2.62. The van der Waals surface area contributed by atoms with Gasteiger partial charge in [0.25, 0.3) is 0 Å². The molecule has 0 aromatic rings. The monoisotopic (exact) mass is 1090 g/mol. The van der Waals surface area contributed by atoms with Crippen LogP contribution in [0.3, 0.4) is 0 Å². The standard InChI is InChI=1S/C48H87N13O13S/c1-9-27(6)37(59-40(65)30(14-10-11-20-49)54-39(64)29(50)19-23-75-8)44(69)55-31(15-12-21-53-48(52)74)46(71)61-22-13-16-34(61)42(67)57-33(24-25(2)3)41(66)58-36(26(4)5)43(68)60-38(28(7)62)45(70)56-32(47(72)73)17-18-35(51)63/h25-34,36-38,62H,9-24,49-50H2,1-8H3,(H2,51,63)(H,54,64)(H,55,69)(H,56,70)(H,57,67)(H,58,66)(H,59,65)(H,60,68)(H,72,73)(H3,52,53,74)/t27-,28+,29-,30-,31-,32-,33-,34-,36-,37-,38-/m0/s1. The van der Waals surface area contributed by atoms with E-state index < -0.39 is 137 Å². The minimum atomic E-state index is -1.70. The van der Waals surface area contributed by atoms with Crippen molar-refractivity contribution in [3.8, 4) is 0 Å². The van der Waals surface area contributed by atoms with E-state index >= 15 is 0 Å². The zero-order chi connectivity index (χ0) is 57.1. The molecule has 75 heavy (non-hydrogen) atoms. The number of hydrogen-bond acceptors (Lipinski definition) is 15. The lowest BCUT2D eigenvalue weighted by Gasteiger charge is -2.32. The first-order valence-electron chi connectivity index (χ1n) is 25.8. The quantitative estimate of drug-likeness (QED) is 0.0289. The highest BCUT2D eigenvalue weighted by Gasteiger charge is 2.41. The van der Waals surface area contributed by atoms with Gasteiger partial charge in [0.05, 0.1) is 12.1 Å². The maximum absolute atomic E-state index is 14.6. The van der Waals surface area contributed by atoms with Crippen LogP contribution in [-0.4, -0.2) is 172 Å². The predicted octanol–water partition coefficient (Wildman–Crippen LogP) is -2.49. The minimum Gasteiger partial charge on any atom is -0.480 e. The number of aliphatic hydroxyl groups is 1. The molecular weight excluding hydrogens is 999 g/mol. The third-order valence-corrected chi connectivity index (χ3v) is 13.4. The molecule has 1 saturated heterocycles. The first-order chi connectivity index (χ1) is 35.2. The number of aliphatic hydroxyl groups excluding tert-OH is 1. The molecule has 0 aliphatic carbocycles. The second-order valence-electron chi connectivity index (χ2n) is 19.8. The number of nitrogens with two attached hydrogens (primary N) is 4. The normalized spacial score (nSPS) is 17.3. The van der Waals surface area contributed by atoms with E-state index in [1.807, 2.05) is 13.2 Å². The summed E-state index contributed by atoms with van der Waals surface area (Å²) in [5.74, 6) is -9.01. The van der Waals surface area contributed by atoms with Crippen molar-refractivity contribution < 1.29 is 63.0 Å². The van der Waals surface area contributed by atoms with Crippen molar-refractivity contribution in [3.63, 3.8) is 0 Å². The van der Waals surface area contributed by atoms with Crippen LogP contribution in [0.25, 0.3) is 0 Å². The third-order valence-electron chi connectivity index (χ3n) is 12.7. The zero-order valence-corrected chi connectivity index (χ0v) is 45.7. The Morgan fingerprint density at radius 3 is 1.77 bits per heavy atom. The van der Waals surface area contributed by atoms with Crippen molar-refractivity contribution in [1.29, 1.82) is 0 Å². The van der Waals surface area contributed by atoms with Crippen LogP contribution in [0.5, 0.6) is 0 Å². The summed E-state index contributed by atoms with van der Waals surface area (Å²) in [5.41, 5.74) is 22.2. The molecule has 0 radical (unpaired) electrons. The van der Waals surface area contributed by atoms with Crippen molar-refractivity contribution >= 4 is 76.9 Å². The SMILES string of the molecule is CC[C@H](C)[C@H](NC(=O)[C@H](CCCCN)NC(=O)[C@@H](N)CCSC)C(=O)N[C@@H](CCCNC(N)=O)C(=O)N1CCC[C@H]1C(=O)N[C@@H](CC(C)C)C(=O)N[C@H](C(=O)N[C@H](C(=O)N[C@@H](CCC(N)=O)C(=O)O)[C@@H](C)O)C(C)C. The molecule has 0 aromatic heterocycles. The van der Waals surface area contributed by atoms with Crippen molar-refractivity contribution in [2.45, 2.75) is 186 Å². The molecule has 1 rings (SSSR count). The van der Waals surface area contributed by atoms with E-state index in [0.717, 1.165) is 0 Å². The average molecular weight is 1090 g/mol. The highest BCUT2D eigenvalue weighted by atomic mass is 32.2. The van der Waals surface area contributed by atoms with Gasteiger partial charge in [0.15, 0.2) is 0 Å². The molecule has 1 heterocycles. The highest BCUT2D eigenvalue weighted by Crippen LogP contribution is 2.22. The Balaban J connectivity index is 3.46. The molecule has 1 aliphatic rings. The highest BCUT2D eigenvalue weighted by molar-refractivity contribution is 7.98. The van der Waals surface area contributed by atoms with Crippen LogP contribution in [0.2, 0.25) is 0 Å². The number of amides is 11. The number of unbranched alkanes of at least 4 members (excludes halogenated alkanes) is 1. The summed E-state index contributed by atoms with van der Waals surface area (Å²) in [5, 5.41) is 40.7. The van der Waals surface area contributed by atoms with Gasteiger partial charge in [-0.2, -0.15) is 11.8 Å². The van der Waals surface area contributed by atoms with Crippen LogP contribution in [0, 0.1) is 17.8 Å². The van der Waals surface area contributed by atoms with E-state index in [4.69, 9.17) is 22.9 Å².